The second-order valence-electron chi connectivity index (χ2n) is 7.83. The number of hydrogen-bond donors (Lipinski definition) is 1. The van der Waals surface area contributed by atoms with Gasteiger partial charge in [-0.1, -0.05) is 29.8 Å². The third kappa shape index (κ3) is 4.00. The van der Waals surface area contributed by atoms with Gasteiger partial charge in [-0.25, -0.2) is 26.9 Å². The molecule has 0 fully saturated rings. The molecule has 1 N–H and O–H groups in total. The molecule has 2 heterocycles. The molecule has 1 atom stereocenters. The molecule has 1 aliphatic heterocycles. The molecule has 0 saturated carbocycles. The van der Waals surface area contributed by atoms with E-state index in [9.17, 15) is 17.2 Å². The van der Waals surface area contributed by atoms with Crippen molar-refractivity contribution >= 4 is 38.4 Å². The van der Waals surface area contributed by atoms with E-state index in [0.29, 0.717) is 35.5 Å². The highest BCUT2D eigenvalue weighted by molar-refractivity contribution is 7.89. The first kappa shape index (κ1) is 22.6. The number of fused-ring (bicyclic) bond motifs is 1. The monoisotopic (exact) mass is 501 g/mol. The van der Waals surface area contributed by atoms with Gasteiger partial charge in [-0.15, -0.1) is 0 Å². The highest BCUT2D eigenvalue weighted by Gasteiger charge is 2.25. The van der Waals surface area contributed by atoms with Crippen molar-refractivity contribution in [2.75, 3.05) is 7.05 Å². The molecule has 10 heteroatoms. The molecule has 5 rings (SSSR count). The van der Waals surface area contributed by atoms with Crippen molar-refractivity contribution < 1.29 is 21.6 Å². The topological polar surface area (TPSA) is 84.6 Å². The molecule has 1 unspecified atom stereocenters. The van der Waals surface area contributed by atoms with Crippen LogP contribution < -0.4 is 4.72 Å². The van der Waals surface area contributed by atoms with Gasteiger partial charge in [0.2, 0.25) is 15.9 Å². The van der Waals surface area contributed by atoms with Crippen LogP contribution in [0.4, 0.5) is 8.78 Å². The van der Waals surface area contributed by atoms with Gasteiger partial charge in [0, 0.05) is 17.3 Å². The number of aliphatic imine (C=N–C) groups is 1. The van der Waals surface area contributed by atoms with Crippen LogP contribution in [0, 0.1) is 11.6 Å². The number of benzene rings is 3. The average molecular weight is 502 g/mol. The number of sulfonamides is 1. The Morgan fingerprint density at radius 2 is 1.79 bits per heavy atom. The zero-order valence-electron chi connectivity index (χ0n) is 17.8. The molecule has 0 aliphatic carbocycles. The fourth-order valence-corrected chi connectivity index (χ4v) is 5.27. The van der Waals surface area contributed by atoms with Crippen molar-refractivity contribution in [1.29, 1.82) is 0 Å². The first-order valence-electron chi connectivity index (χ1n) is 10.4. The lowest BCUT2D eigenvalue weighted by molar-refractivity contribution is 0.578. The third-order valence-corrected chi connectivity index (χ3v) is 7.64. The van der Waals surface area contributed by atoms with E-state index in [-0.39, 0.29) is 27.1 Å². The Bertz CT molecular complexity index is 1530. The van der Waals surface area contributed by atoms with Gasteiger partial charge >= 0.3 is 0 Å². The van der Waals surface area contributed by atoms with Gasteiger partial charge in [0.1, 0.15) is 22.0 Å². The number of nitrogens with zero attached hydrogens (tertiary/aromatic N) is 2. The van der Waals surface area contributed by atoms with Gasteiger partial charge in [-0.3, -0.25) is 4.99 Å². The minimum atomic E-state index is -3.75. The predicted octanol–water partition coefficient (Wildman–Crippen LogP) is 5.66. The van der Waals surface area contributed by atoms with Crippen molar-refractivity contribution in [2.45, 2.75) is 23.8 Å². The van der Waals surface area contributed by atoms with Crippen molar-refractivity contribution in [3.63, 3.8) is 0 Å². The number of nitrogens with one attached hydrogen (secondary N) is 1. The summed E-state index contributed by atoms with van der Waals surface area (Å²) in [4.78, 5) is 8.88. The lowest BCUT2D eigenvalue weighted by atomic mass is 10.0. The van der Waals surface area contributed by atoms with Crippen molar-refractivity contribution in [3.05, 3.63) is 82.4 Å². The molecule has 0 amide bonds. The van der Waals surface area contributed by atoms with Crippen LogP contribution in [0.1, 0.15) is 30.0 Å². The van der Waals surface area contributed by atoms with E-state index in [0.717, 1.165) is 5.56 Å². The number of halogens is 3. The maximum atomic E-state index is 14.1. The maximum Gasteiger partial charge on any atom is 0.241 e. The Morgan fingerprint density at radius 1 is 1.09 bits per heavy atom. The number of aromatic nitrogens is 1. The van der Waals surface area contributed by atoms with Crippen LogP contribution in [0.5, 0.6) is 0 Å². The standard InChI is InChI=1S/C24H18ClF2N3O3S/c1-28-34(31,32)22-12-21-20(11-15(22)25)30-24(33-21)14-7-5-13(6-8-14)18-9-10-19(29-18)23-16(26)3-2-4-17(23)27/h2-8,11-12,18,28H,9-10H2,1H3. The number of rotatable bonds is 5. The summed E-state index contributed by atoms with van der Waals surface area (Å²) in [6, 6.07) is 13.7. The molecule has 1 aromatic heterocycles. The quantitative estimate of drug-likeness (QED) is 0.382. The normalized spacial score (nSPS) is 16.2. The van der Waals surface area contributed by atoms with Crippen LogP contribution in [-0.2, 0) is 10.0 Å². The number of oxazole rings is 1. The number of hydrogen-bond acceptors (Lipinski definition) is 5. The van der Waals surface area contributed by atoms with Crippen LogP contribution in [0.25, 0.3) is 22.6 Å². The summed E-state index contributed by atoms with van der Waals surface area (Å²) in [7, 11) is -2.45. The van der Waals surface area contributed by atoms with Gasteiger partial charge < -0.3 is 4.42 Å². The Balaban J connectivity index is 1.43. The van der Waals surface area contributed by atoms with Gasteiger partial charge in [0.25, 0.3) is 0 Å². The molecular formula is C24H18ClF2N3O3S. The van der Waals surface area contributed by atoms with E-state index in [2.05, 4.69) is 14.7 Å². The molecule has 0 saturated heterocycles. The second kappa shape index (κ2) is 8.57. The van der Waals surface area contributed by atoms with Gasteiger partial charge in [0.15, 0.2) is 5.58 Å². The SMILES string of the molecule is CNS(=O)(=O)c1cc2oc(-c3ccc(C4CCC(c5c(F)cccc5F)=N4)cc3)nc2cc1Cl. The Hall–Kier alpha value is -3.14. The summed E-state index contributed by atoms with van der Waals surface area (Å²) in [6.07, 6.45) is 1.13. The van der Waals surface area contributed by atoms with E-state index in [1.54, 1.807) is 0 Å². The van der Waals surface area contributed by atoms with E-state index in [1.165, 1.54) is 37.4 Å². The Kier molecular flexibility index (Phi) is 5.71. The second-order valence-corrected chi connectivity index (χ2v) is 10.1. The van der Waals surface area contributed by atoms with Gasteiger partial charge in [-0.05, 0) is 55.8 Å². The smallest absolute Gasteiger partial charge is 0.241 e. The Morgan fingerprint density at radius 3 is 2.47 bits per heavy atom. The molecule has 1 aliphatic rings. The first-order valence-corrected chi connectivity index (χ1v) is 12.3. The van der Waals surface area contributed by atoms with Gasteiger partial charge in [0.05, 0.1) is 16.6 Å². The lowest BCUT2D eigenvalue weighted by Crippen LogP contribution is -2.18. The van der Waals surface area contributed by atoms with E-state index >= 15 is 0 Å². The minimum Gasteiger partial charge on any atom is -0.436 e. The Labute approximate surface area is 199 Å². The highest BCUT2D eigenvalue weighted by atomic mass is 35.5. The molecule has 174 valence electrons. The molecular weight excluding hydrogens is 484 g/mol. The average Bonchev–Trinajstić information content (AvgIpc) is 3.46. The van der Waals surface area contributed by atoms with Gasteiger partial charge in [-0.2, -0.15) is 0 Å². The van der Waals surface area contributed by atoms with Crippen molar-refractivity contribution in [2.24, 2.45) is 4.99 Å². The highest BCUT2D eigenvalue weighted by Crippen LogP contribution is 2.35. The van der Waals surface area contributed by atoms with E-state index < -0.39 is 21.7 Å². The van der Waals surface area contributed by atoms with Crippen molar-refractivity contribution in [1.82, 2.24) is 9.71 Å². The molecule has 3 aromatic carbocycles. The zero-order valence-corrected chi connectivity index (χ0v) is 19.4. The minimum absolute atomic E-state index is 0.0400. The molecule has 0 spiro atoms. The summed E-state index contributed by atoms with van der Waals surface area (Å²) in [5.74, 6) is -0.923. The fraction of sp³-hybridized carbons (Fsp3) is 0.167. The first-order chi connectivity index (χ1) is 16.3. The molecule has 0 bridgehead atoms. The third-order valence-electron chi connectivity index (χ3n) is 5.76. The van der Waals surface area contributed by atoms with E-state index in [4.69, 9.17) is 16.0 Å². The van der Waals surface area contributed by atoms with Crippen molar-refractivity contribution in [3.8, 4) is 11.5 Å². The molecule has 6 nitrogen and oxygen atoms in total. The molecule has 4 aromatic rings. The summed E-state index contributed by atoms with van der Waals surface area (Å²) >= 11 is 6.13. The van der Waals surface area contributed by atoms with Crippen LogP contribution in [0.15, 0.2) is 68.9 Å². The molecule has 34 heavy (non-hydrogen) atoms. The summed E-state index contributed by atoms with van der Waals surface area (Å²) in [5.41, 5.74) is 2.65. The van der Waals surface area contributed by atoms with Crippen LogP contribution in [0.3, 0.4) is 0 Å². The maximum absolute atomic E-state index is 14.1. The summed E-state index contributed by atoms with van der Waals surface area (Å²) < 4.78 is 60.5. The lowest BCUT2D eigenvalue weighted by Gasteiger charge is -2.07. The predicted molar refractivity (Wildman–Crippen MR) is 126 cm³/mol. The summed E-state index contributed by atoms with van der Waals surface area (Å²) in [5, 5.41) is 0.0400. The van der Waals surface area contributed by atoms with Crippen LogP contribution in [0.2, 0.25) is 5.02 Å². The van der Waals surface area contributed by atoms with E-state index in [1.807, 2.05) is 24.3 Å². The summed E-state index contributed by atoms with van der Waals surface area (Å²) in [6.45, 7) is 0. The molecule has 0 radical (unpaired) electrons. The van der Waals surface area contributed by atoms with Crippen LogP contribution >= 0.6 is 11.6 Å². The zero-order chi connectivity index (χ0) is 24.0. The van der Waals surface area contributed by atoms with Crippen LogP contribution in [-0.4, -0.2) is 26.2 Å². The fourth-order valence-electron chi connectivity index (χ4n) is 4.01. The largest absolute Gasteiger partial charge is 0.436 e.